The molecule has 38 heavy (non-hydrogen) atoms. The Labute approximate surface area is 223 Å². The largest absolute Gasteiger partial charge is 0.369 e. The number of nitrogens with one attached hydrogen (secondary N) is 2. The number of carbonyl (C=O) groups excluding carboxylic acids is 1. The molecule has 6 nitrogen and oxygen atoms in total. The predicted octanol–water partition coefficient (Wildman–Crippen LogP) is 4.75. The Balaban J connectivity index is 1.37. The van der Waals surface area contributed by atoms with E-state index < -0.39 is 5.92 Å². The number of H-pyrrole nitrogens is 1. The van der Waals surface area contributed by atoms with Gasteiger partial charge in [-0.1, -0.05) is 18.2 Å². The van der Waals surface area contributed by atoms with E-state index in [1.165, 1.54) is 0 Å². The molecular formula is C30H38F2N4O2. The highest BCUT2D eigenvalue weighted by Gasteiger charge is 2.47. The average molecular weight is 525 g/mol. The summed E-state index contributed by atoms with van der Waals surface area (Å²) in [5.41, 5.74) is 4.95. The molecule has 0 atom stereocenters. The van der Waals surface area contributed by atoms with E-state index in [-0.39, 0.29) is 37.1 Å². The van der Waals surface area contributed by atoms with Gasteiger partial charge >= 0.3 is 0 Å². The van der Waals surface area contributed by atoms with Crippen molar-refractivity contribution in [1.29, 1.82) is 0 Å². The van der Waals surface area contributed by atoms with Crippen LogP contribution in [0.5, 0.6) is 0 Å². The quantitative estimate of drug-likeness (QED) is 0.567. The van der Waals surface area contributed by atoms with Crippen LogP contribution in [-0.4, -0.2) is 53.4 Å². The highest BCUT2D eigenvalue weighted by molar-refractivity contribution is 5.97. The Kier molecular flexibility index (Phi) is 7.70. The van der Waals surface area contributed by atoms with Crippen molar-refractivity contribution in [3.05, 3.63) is 74.7 Å². The maximum Gasteiger partial charge on any atom is 0.272 e. The van der Waals surface area contributed by atoms with Gasteiger partial charge in [0.25, 0.3) is 17.4 Å². The fraction of sp³-hybridized carbons (Fsp3) is 0.533. The average Bonchev–Trinajstić information content (AvgIpc) is 2.87. The van der Waals surface area contributed by atoms with Crippen LogP contribution in [0.1, 0.15) is 71.8 Å². The number of halogens is 2. The van der Waals surface area contributed by atoms with Gasteiger partial charge in [0, 0.05) is 47.7 Å². The number of fused-ring (bicyclic) bond motifs is 2. The number of nitrogens with zero attached hydrogens (tertiary/aromatic N) is 2. The van der Waals surface area contributed by atoms with Crippen LogP contribution in [0.25, 0.3) is 0 Å². The summed E-state index contributed by atoms with van der Waals surface area (Å²) in [6.07, 6.45) is 10.2. The first-order valence-electron chi connectivity index (χ1n) is 13.9. The number of likely N-dealkylation sites (tertiary alicyclic amines) is 1. The Hall–Kier alpha value is -3.00. The number of hydrogen-bond acceptors (Lipinski definition) is 4. The lowest BCUT2D eigenvalue weighted by molar-refractivity contribution is -0.149. The molecule has 5 rings (SSSR count). The molecule has 2 aromatic rings. The minimum absolute atomic E-state index is 0.108. The molecule has 1 saturated carbocycles. The molecule has 204 valence electrons. The SMILES string of the molecule is CCN(c1cccc2c1C/C=C\CCc1cc(C)[nH]c(=O)c1CNC2=O)C1CCC(N2CC(F)(F)C2)CC1. The number of aromatic nitrogens is 1. The maximum absolute atomic E-state index is 13.4. The molecule has 2 fully saturated rings. The fourth-order valence-electron chi connectivity index (χ4n) is 6.46. The van der Waals surface area contributed by atoms with Crippen LogP contribution in [0.15, 0.2) is 41.2 Å². The third-order valence-corrected chi connectivity index (χ3v) is 8.40. The highest BCUT2D eigenvalue weighted by atomic mass is 19.3. The molecular weight excluding hydrogens is 486 g/mol. The Bertz CT molecular complexity index is 1260. The zero-order chi connectivity index (χ0) is 26.9. The number of aromatic amines is 1. The van der Waals surface area contributed by atoms with Crippen molar-refractivity contribution in [1.82, 2.24) is 15.2 Å². The molecule has 0 bridgehead atoms. The summed E-state index contributed by atoms with van der Waals surface area (Å²) in [6.45, 7) is 4.79. The molecule has 1 aromatic heterocycles. The number of pyridine rings is 1. The lowest BCUT2D eigenvalue weighted by atomic mass is 9.86. The summed E-state index contributed by atoms with van der Waals surface area (Å²) in [7, 11) is 0. The number of alkyl halides is 2. The van der Waals surface area contributed by atoms with Crippen LogP contribution in [0, 0.1) is 6.92 Å². The van der Waals surface area contributed by atoms with E-state index in [0.29, 0.717) is 23.6 Å². The Morgan fingerprint density at radius 3 is 2.55 bits per heavy atom. The van der Waals surface area contributed by atoms with Gasteiger partial charge in [-0.15, -0.1) is 0 Å². The van der Waals surface area contributed by atoms with E-state index in [2.05, 4.69) is 40.3 Å². The van der Waals surface area contributed by atoms with Gasteiger partial charge in [-0.3, -0.25) is 14.5 Å². The van der Waals surface area contributed by atoms with Crippen LogP contribution in [0.3, 0.4) is 0 Å². The number of amides is 1. The fourth-order valence-corrected chi connectivity index (χ4v) is 6.46. The van der Waals surface area contributed by atoms with Gasteiger partial charge < -0.3 is 15.2 Å². The number of hydrogen-bond donors (Lipinski definition) is 2. The third kappa shape index (κ3) is 5.55. The first-order valence-corrected chi connectivity index (χ1v) is 13.9. The molecule has 3 heterocycles. The molecule has 1 aromatic carbocycles. The van der Waals surface area contributed by atoms with Crippen LogP contribution >= 0.6 is 0 Å². The maximum atomic E-state index is 13.4. The van der Waals surface area contributed by atoms with E-state index in [1.54, 1.807) is 0 Å². The van der Waals surface area contributed by atoms with E-state index in [4.69, 9.17) is 0 Å². The number of benzene rings is 1. The summed E-state index contributed by atoms with van der Waals surface area (Å²) in [4.78, 5) is 33.3. The number of anilines is 1. The molecule has 0 radical (unpaired) electrons. The van der Waals surface area contributed by atoms with Crippen molar-refractivity contribution in [3.8, 4) is 0 Å². The highest BCUT2D eigenvalue weighted by Crippen LogP contribution is 2.37. The standard InChI is InChI=1S/C30H38F2N4O2/c1-3-36(23-14-12-22(13-15-23)35-18-30(31,32)19-35)27-11-7-10-25-24(27)9-6-4-5-8-21-16-20(2)34-29(38)26(21)17-33-28(25)37/h4,6-7,10-11,16,22-23H,3,5,8-9,12-15,17-19H2,1-2H3,(H,33,37)(H,34,38)/b6-4-. The lowest BCUT2D eigenvalue weighted by Gasteiger charge is -2.47. The monoisotopic (exact) mass is 524 g/mol. The first kappa shape index (κ1) is 26.6. The van der Waals surface area contributed by atoms with Crippen molar-refractivity contribution in [2.75, 3.05) is 24.5 Å². The van der Waals surface area contributed by atoms with Gasteiger partial charge in [0.2, 0.25) is 0 Å². The summed E-state index contributed by atoms with van der Waals surface area (Å²) < 4.78 is 26.8. The Morgan fingerprint density at radius 2 is 1.84 bits per heavy atom. The summed E-state index contributed by atoms with van der Waals surface area (Å²) in [6, 6.07) is 8.44. The van der Waals surface area contributed by atoms with Crippen LogP contribution in [-0.2, 0) is 19.4 Å². The topological polar surface area (TPSA) is 68.4 Å². The third-order valence-electron chi connectivity index (χ3n) is 8.40. The van der Waals surface area contributed by atoms with Crippen LogP contribution in [0.2, 0.25) is 0 Å². The zero-order valence-electron chi connectivity index (χ0n) is 22.4. The smallest absolute Gasteiger partial charge is 0.272 e. The second-order valence-corrected chi connectivity index (χ2v) is 11.0. The second kappa shape index (κ2) is 11.0. The van der Waals surface area contributed by atoms with Gasteiger partial charge in [-0.25, -0.2) is 8.78 Å². The predicted molar refractivity (Wildman–Crippen MR) is 146 cm³/mol. The normalized spacial score (nSPS) is 24.6. The van der Waals surface area contributed by atoms with Gasteiger partial charge in [-0.2, -0.15) is 0 Å². The van der Waals surface area contributed by atoms with Crippen LogP contribution < -0.4 is 15.8 Å². The zero-order valence-corrected chi connectivity index (χ0v) is 22.4. The molecule has 1 amide bonds. The molecule has 0 spiro atoms. The molecule has 3 aliphatic rings. The van der Waals surface area contributed by atoms with Crippen molar-refractivity contribution < 1.29 is 13.6 Å². The second-order valence-electron chi connectivity index (χ2n) is 11.0. The molecule has 2 aliphatic heterocycles. The number of rotatable bonds is 4. The molecule has 0 unspecified atom stereocenters. The molecule has 1 saturated heterocycles. The van der Waals surface area contributed by atoms with Crippen molar-refractivity contribution >= 4 is 11.6 Å². The number of allylic oxidation sites excluding steroid dienone is 2. The van der Waals surface area contributed by atoms with Gasteiger partial charge in [0.05, 0.1) is 13.1 Å². The van der Waals surface area contributed by atoms with Crippen molar-refractivity contribution in [2.24, 2.45) is 0 Å². The van der Waals surface area contributed by atoms with Crippen LogP contribution in [0.4, 0.5) is 14.5 Å². The summed E-state index contributed by atoms with van der Waals surface area (Å²) >= 11 is 0. The lowest BCUT2D eigenvalue weighted by Crippen LogP contribution is -2.61. The van der Waals surface area contributed by atoms with Gasteiger partial charge in [0.1, 0.15) is 0 Å². The summed E-state index contributed by atoms with van der Waals surface area (Å²) in [5, 5.41) is 3.01. The number of aryl methyl sites for hydroxylation is 2. The molecule has 1 aliphatic carbocycles. The van der Waals surface area contributed by atoms with Gasteiger partial charge in [-0.05, 0) is 88.1 Å². The minimum Gasteiger partial charge on any atom is -0.369 e. The van der Waals surface area contributed by atoms with Gasteiger partial charge in [0.15, 0.2) is 0 Å². The summed E-state index contributed by atoms with van der Waals surface area (Å²) in [5.74, 6) is -2.70. The Morgan fingerprint density at radius 1 is 1.08 bits per heavy atom. The first-order chi connectivity index (χ1) is 18.3. The van der Waals surface area contributed by atoms with Crippen molar-refractivity contribution in [3.63, 3.8) is 0 Å². The minimum atomic E-state index is -2.52. The van der Waals surface area contributed by atoms with E-state index >= 15 is 0 Å². The molecule has 8 heteroatoms. The number of carbonyl (C=O) groups is 1. The van der Waals surface area contributed by atoms with E-state index in [1.807, 2.05) is 30.0 Å². The van der Waals surface area contributed by atoms with E-state index in [9.17, 15) is 18.4 Å². The van der Waals surface area contributed by atoms with Crippen molar-refractivity contribution in [2.45, 2.75) is 83.3 Å². The molecule has 2 N–H and O–H groups in total. The van der Waals surface area contributed by atoms with E-state index in [0.717, 1.165) is 67.6 Å².